The van der Waals surface area contributed by atoms with E-state index in [-0.39, 0.29) is 23.5 Å². The fraction of sp³-hybridized carbons (Fsp3) is 0.824. The smallest absolute Gasteiger partial charge is 0.141 e. The number of hydrogen-bond acceptors (Lipinski definition) is 3. The lowest BCUT2D eigenvalue weighted by Gasteiger charge is -2.41. The van der Waals surface area contributed by atoms with Gasteiger partial charge in [-0.05, 0) is 48.3 Å². The predicted molar refractivity (Wildman–Crippen MR) is 74.7 cm³/mol. The van der Waals surface area contributed by atoms with Crippen molar-refractivity contribution in [2.75, 3.05) is 0 Å². The van der Waals surface area contributed by atoms with Crippen molar-refractivity contribution in [3.05, 3.63) is 12.2 Å². The lowest BCUT2D eigenvalue weighted by molar-refractivity contribution is -0.131. The van der Waals surface area contributed by atoms with E-state index in [2.05, 4.69) is 12.2 Å². The highest BCUT2D eigenvalue weighted by atomic mass is 16.3. The van der Waals surface area contributed by atoms with Crippen LogP contribution in [0.4, 0.5) is 0 Å². The molecule has 4 aliphatic carbocycles. The van der Waals surface area contributed by atoms with E-state index >= 15 is 0 Å². The van der Waals surface area contributed by atoms with Crippen LogP contribution < -0.4 is 0 Å². The molecule has 0 unspecified atom stereocenters. The van der Waals surface area contributed by atoms with Crippen molar-refractivity contribution in [3.63, 3.8) is 0 Å². The summed E-state index contributed by atoms with van der Waals surface area (Å²) in [4.78, 5) is 12.5. The number of fused-ring (bicyclic) bond motifs is 8. The number of ketones is 1. The maximum Gasteiger partial charge on any atom is 0.141 e. The lowest BCUT2D eigenvalue weighted by Crippen LogP contribution is -2.44. The minimum Gasteiger partial charge on any atom is -0.390 e. The molecule has 4 aliphatic rings. The average Bonchev–Trinajstić information content (AvgIpc) is 3.11. The largest absolute Gasteiger partial charge is 0.390 e. The summed E-state index contributed by atoms with van der Waals surface area (Å²) >= 11 is 0. The topological polar surface area (TPSA) is 57.5 Å². The third-order valence-corrected chi connectivity index (χ3v) is 7.01. The maximum atomic E-state index is 12.5. The van der Waals surface area contributed by atoms with Gasteiger partial charge >= 0.3 is 0 Å². The van der Waals surface area contributed by atoms with Gasteiger partial charge in [0, 0.05) is 11.8 Å². The molecule has 0 aromatic heterocycles. The molecule has 0 radical (unpaired) electrons. The van der Waals surface area contributed by atoms with Crippen molar-refractivity contribution >= 4 is 5.78 Å². The van der Waals surface area contributed by atoms with Gasteiger partial charge in [0.15, 0.2) is 0 Å². The molecule has 2 N–H and O–H groups in total. The van der Waals surface area contributed by atoms with E-state index < -0.39 is 18.1 Å². The number of rotatable bonds is 0. The Morgan fingerprint density at radius 3 is 2.50 bits per heavy atom. The van der Waals surface area contributed by atoms with Gasteiger partial charge in [-0.25, -0.2) is 0 Å². The highest BCUT2D eigenvalue weighted by Gasteiger charge is 2.63. The molecule has 10 atom stereocenters. The van der Waals surface area contributed by atoms with Crippen LogP contribution in [0, 0.1) is 47.3 Å². The monoisotopic (exact) mass is 276 g/mol. The first-order valence-corrected chi connectivity index (χ1v) is 8.09. The molecule has 3 fully saturated rings. The Labute approximate surface area is 120 Å². The van der Waals surface area contributed by atoms with Gasteiger partial charge in [-0.1, -0.05) is 26.0 Å². The fourth-order valence-electron chi connectivity index (χ4n) is 6.17. The Kier molecular flexibility index (Phi) is 2.72. The highest BCUT2D eigenvalue weighted by molar-refractivity contribution is 5.84. The third kappa shape index (κ3) is 1.41. The summed E-state index contributed by atoms with van der Waals surface area (Å²) in [5, 5.41) is 21.0. The van der Waals surface area contributed by atoms with Gasteiger partial charge in [0.25, 0.3) is 0 Å². The van der Waals surface area contributed by atoms with Gasteiger partial charge in [0.05, 0.1) is 12.2 Å². The third-order valence-electron chi connectivity index (χ3n) is 7.01. The van der Waals surface area contributed by atoms with Crippen molar-refractivity contribution in [3.8, 4) is 0 Å². The van der Waals surface area contributed by atoms with E-state index in [9.17, 15) is 15.0 Å². The number of carbonyl (C=O) groups is 1. The summed E-state index contributed by atoms with van der Waals surface area (Å²) in [6, 6.07) is 0. The first-order chi connectivity index (χ1) is 9.52. The summed E-state index contributed by atoms with van der Waals surface area (Å²) in [7, 11) is 0. The molecule has 0 saturated heterocycles. The van der Waals surface area contributed by atoms with Gasteiger partial charge in [-0.3, -0.25) is 4.79 Å². The van der Waals surface area contributed by atoms with Gasteiger partial charge in [0.1, 0.15) is 5.78 Å². The molecule has 2 bridgehead atoms. The van der Waals surface area contributed by atoms with E-state index in [0.29, 0.717) is 23.7 Å². The molecule has 0 aromatic rings. The number of hydrogen-bond donors (Lipinski definition) is 2. The second-order valence-electron chi connectivity index (χ2n) is 7.58. The highest BCUT2D eigenvalue weighted by Crippen LogP contribution is 2.65. The molecule has 0 aliphatic heterocycles. The molecule has 0 aromatic carbocycles. The zero-order valence-corrected chi connectivity index (χ0v) is 12.1. The number of allylic oxidation sites excluding steroid dienone is 2. The van der Waals surface area contributed by atoms with Crippen LogP contribution in [0.5, 0.6) is 0 Å². The second kappa shape index (κ2) is 4.17. The van der Waals surface area contributed by atoms with Crippen molar-refractivity contribution < 1.29 is 15.0 Å². The Morgan fingerprint density at radius 1 is 1.00 bits per heavy atom. The van der Waals surface area contributed by atoms with Gasteiger partial charge < -0.3 is 10.2 Å². The molecule has 3 saturated carbocycles. The molecule has 0 spiro atoms. The number of aliphatic hydroxyl groups is 2. The minimum atomic E-state index is -0.882. The molecule has 110 valence electrons. The molecule has 3 heteroatoms. The van der Waals surface area contributed by atoms with E-state index in [4.69, 9.17) is 0 Å². The van der Waals surface area contributed by atoms with Crippen LogP contribution in [-0.2, 0) is 4.79 Å². The van der Waals surface area contributed by atoms with Crippen LogP contribution >= 0.6 is 0 Å². The molecule has 0 heterocycles. The molecule has 3 nitrogen and oxygen atoms in total. The van der Waals surface area contributed by atoms with Crippen molar-refractivity contribution in [1.29, 1.82) is 0 Å². The minimum absolute atomic E-state index is 0.0215. The van der Waals surface area contributed by atoms with E-state index in [1.165, 1.54) is 0 Å². The van der Waals surface area contributed by atoms with Crippen LogP contribution in [0.25, 0.3) is 0 Å². The van der Waals surface area contributed by atoms with Crippen molar-refractivity contribution in [1.82, 2.24) is 0 Å². The Balaban J connectivity index is 1.76. The molecular formula is C17H24O3. The van der Waals surface area contributed by atoms with E-state index in [1.54, 1.807) is 6.92 Å². The zero-order chi connectivity index (χ0) is 14.2. The van der Waals surface area contributed by atoms with Gasteiger partial charge in [0.2, 0.25) is 0 Å². The summed E-state index contributed by atoms with van der Waals surface area (Å²) in [6.07, 6.45) is 5.28. The normalized spacial score (nSPS) is 60.5. The molecule has 0 amide bonds. The van der Waals surface area contributed by atoms with Crippen LogP contribution in [0.3, 0.4) is 0 Å². The summed E-state index contributed by atoms with van der Waals surface area (Å²) < 4.78 is 0. The molecule has 4 rings (SSSR count). The quantitative estimate of drug-likeness (QED) is 0.661. The number of aliphatic hydroxyl groups excluding tert-OH is 2. The first-order valence-electron chi connectivity index (χ1n) is 8.09. The standard InChI is InChI=1S/C17H24O3/c1-7-13-11-6-12(10-5-3-4-9(10)11)14(13)17(20)16(19)8(2)15(7)18/h3-4,7-14,16-17,19-20H,5-6H2,1-2H3/t7-,8+,9-,10+,11-,12-,13+,14-,16+,17-/m1/s1. The molecule has 20 heavy (non-hydrogen) atoms. The summed E-state index contributed by atoms with van der Waals surface area (Å²) in [6.45, 7) is 3.80. The van der Waals surface area contributed by atoms with E-state index in [0.717, 1.165) is 12.8 Å². The van der Waals surface area contributed by atoms with Crippen LogP contribution in [0.15, 0.2) is 12.2 Å². The number of carbonyl (C=O) groups excluding carboxylic acids is 1. The zero-order valence-electron chi connectivity index (χ0n) is 12.1. The average molecular weight is 276 g/mol. The van der Waals surface area contributed by atoms with Gasteiger partial charge in [-0.15, -0.1) is 0 Å². The van der Waals surface area contributed by atoms with Gasteiger partial charge in [-0.2, -0.15) is 0 Å². The number of Topliss-reactive ketones (excluding diaryl/α,β-unsaturated/α-hetero) is 1. The first kappa shape index (κ1) is 13.0. The maximum absolute atomic E-state index is 12.5. The Hall–Kier alpha value is -0.670. The van der Waals surface area contributed by atoms with Crippen LogP contribution in [0.2, 0.25) is 0 Å². The summed E-state index contributed by atoms with van der Waals surface area (Å²) in [5.41, 5.74) is 0. The predicted octanol–water partition coefficient (Wildman–Crippen LogP) is 1.64. The fourth-order valence-corrected chi connectivity index (χ4v) is 6.17. The van der Waals surface area contributed by atoms with E-state index in [1.807, 2.05) is 6.92 Å². The Bertz CT molecular complexity index is 471. The lowest BCUT2D eigenvalue weighted by atomic mass is 9.64. The SMILES string of the molecule is C[C@H]1C(=O)[C@H](C)[C@H]2[C@@H]3C[C@H]([C@H]4CC=C[C@@H]34)[C@H]2[C@@H](O)[C@H]1O. The molecular weight excluding hydrogens is 252 g/mol. The van der Waals surface area contributed by atoms with Crippen molar-refractivity contribution in [2.24, 2.45) is 47.3 Å². The summed E-state index contributed by atoms with van der Waals surface area (Å²) in [5.74, 6) is 2.40. The Morgan fingerprint density at radius 2 is 1.75 bits per heavy atom. The van der Waals surface area contributed by atoms with Crippen LogP contribution in [-0.4, -0.2) is 28.2 Å². The van der Waals surface area contributed by atoms with Crippen molar-refractivity contribution in [2.45, 2.75) is 38.9 Å². The van der Waals surface area contributed by atoms with Crippen LogP contribution in [0.1, 0.15) is 26.7 Å². The second-order valence-corrected chi connectivity index (χ2v) is 7.58.